The summed E-state index contributed by atoms with van der Waals surface area (Å²) < 4.78 is 0. The maximum atomic E-state index is 5.03. The molecule has 0 atom stereocenters. The Labute approximate surface area is 97.1 Å². The van der Waals surface area contributed by atoms with Gasteiger partial charge in [-0.2, -0.15) is 0 Å². The number of hydrogen-bond donors (Lipinski definition) is 1. The van der Waals surface area contributed by atoms with Crippen LogP contribution >= 0.6 is 0 Å². The van der Waals surface area contributed by atoms with Gasteiger partial charge in [0.15, 0.2) is 0 Å². The minimum Gasteiger partial charge on any atom is -0.303 e. The first-order valence-corrected chi connectivity index (χ1v) is 6.00. The highest BCUT2D eigenvalue weighted by molar-refractivity contribution is 5.22. The van der Waals surface area contributed by atoms with Gasteiger partial charge in [-0.3, -0.25) is 4.84 Å². The number of nitrogens with zero attached hydrogens (tertiary/aromatic N) is 1. The zero-order valence-corrected chi connectivity index (χ0v) is 9.69. The molecule has 0 unspecified atom stereocenters. The Balaban J connectivity index is 1.80. The third-order valence-corrected chi connectivity index (χ3v) is 3.19. The lowest BCUT2D eigenvalue weighted by molar-refractivity contribution is 0.124. The zero-order valence-electron chi connectivity index (χ0n) is 9.69. The Morgan fingerprint density at radius 1 is 1.06 bits per heavy atom. The van der Waals surface area contributed by atoms with Gasteiger partial charge in [-0.15, -0.1) is 0 Å². The van der Waals surface area contributed by atoms with Crippen LogP contribution in [0.2, 0.25) is 0 Å². The van der Waals surface area contributed by atoms with Crippen LogP contribution in [0.3, 0.4) is 0 Å². The normalized spacial score (nSPS) is 16.8. The SMILES string of the molecule is NOCc1ccc(CCN2CCCC2)cc1. The Kier molecular flexibility index (Phi) is 4.34. The van der Waals surface area contributed by atoms with Crippen molar-refractivity contribution in [3.8, 4) is 0 Å². The van der Waals surface area contributed by atoms with Crippen molar-refractivity contribution in [3.63, 3.8) is 0 Å². The summed E-state index contributed by atoms with van der Waals surface area (Å²) in [6, 6.07) is 8.52. The molecule has 0 spiro atoms. The monoisotopic (exact) mass is 220 g/mol. The summed E-state index contributed by atoms with van der Waals surface area (Å²) in [6.45, 7) is 4.23. The van der Waals surface area contributed by atoms with E-state index >= 15 is 0 Å². The Morgan fingerprint density at radius 3 is 2.31 bits per heavy atom. The van der Waals surface area contributed by atoms with Gasteiger partial charge in [0.1, 0.15) is 0 Å². The number of nitrogens with two attached hydrogens (primary N) is 1. The molecule has 0 saturated carbocycles. The van der Waals surface area contributed by atoms with Gasteiger partial charge in [0.2, 0.25) is 0 Å². The van der Waals surface area contributed by atoms with Gasteiger partial charge < -0.3 is 4.90 Å². The molecule has 3 nitrogen and oxygen atoms in total. The van der Waals surface area contributed by atoms with E-state index in [0.717, 1.165) is 12.0 Å². The van der Waals surface area contributed by atoms with Gasteiger partial charge in [0, 0.05) is 6.54 Å². The predicted molar refractivity (Wildman–Crippen MR) is 64.8 cm³/mol. The molecule has 0 amide bonds. The van der Waals surface area contributed by atoms with Crippen molar-refractivity contribution in [3.05, 3.63) is 35.4 Å². The lowest BCUT2D eigenvalue weighted by atomic mass is 10.1. The molecule has 1 aliphatic heterocycles. The lowest BCUT2D eigenvalue weighted by Crippen LogP contribution is -2.21. The fourth-order valence-electron chi connectivity index (χ4n) is 2.19. The highest BCUT2D eigenvalue weighted by Gasteiger charge is 2.10. The van der Waals surface area contributed by atoms with Crippen molar-refractivity contribution in [2.75, 3.05) is 19.6 Å². The van der Waals surface area contributed by atoms with Crippen molar-refractivity contribution >= 4 is 0 Å². The van der Waals surface area contributed by atoms with Crippen molar-refractivity contribution in [1.82, 2.24) is 4.90 Å². The summed E-state index contributed by atoms with van der Waals surface area (Å²) >= 11 is 0. The fourth-order valence-corrected chi connectivity index (χ4v) is 2.19. The van der Waals surface area contributed by atoms with Crippen LogP contribution in [0.1, 0.15) is 24.0 Å². The van der Waals surface area contributed by atoms with Gasteiger partial charge in [-0.25, -0.2) is 5.90 Å². The molecule has 1 aliphatic rings. The van der Waals surface area contributed by atoms with Crippen LogP contribution in [0.25, 0.3) is 0 Å². The summed E-state index contributed by atoms with van der Waals surface area (Å²) in [5.74, 6) is 5.03. The lowest BCUT2D eigenvalue weighted by Gasteiger charge is -2.14. The van der Waals surface area contributed by atoms with Gasteiger partial charge in [-0.1, -0.05) is 24.3 Å². The Morgan fingerprint density at radius 2 is 1.69 bits per heavy atom. The number of likely N-dealkylation sites (tertiary alicyclic amines) is 1. The van der Waals surface area contributed by atoms with Gasteiger partial charge >= 0.3 is 0 Å². The minimum absolute atomic E-state index is 0.492. The van der Waals surface area contributed by atoms with E-state index in [0.29, 0.717) is 6.61 Å². The van der Waals surface area contributed by atoms with E-state index in [1.165, 1.54) is 38.0 Å². The number of benzene rings is 1. The topological polar surface area (TPSA) is 38.5 Å². The molecule has 1 heterocycles. The molecule has 1 saturated heterocycles. The van der Waals surface area contributed by atoms with E-state index in [1.807, 2.05) is 0 Å². The molecular formula is C13H20N2O. The second-order valence-electron chi connectivity index (χ2n) is 4.43. The van der Waals surface area contributed by atoms with Crippen LogP contribution in [0.4, 0.5) is 0 Å². The average molecular weight is 220 g/mol. The Hall–Kier alpha value is -0.900. The van der Waals surface area contributed by atoms with E-state index in [9.17, 15) is 0 Å². The summed E-state index contributed by atoms with van der Waals surface area (Å²) in [4.78, 5) is 7.14. The van der Waals surface area contributed by atoms with Crippen molar-refractivity contribution in [1.29, 1.82) is 0 Å². The third-order valence-electron chi connectivity index (χ3n) is 3.19. The highest BCUT2D eigenvalue weighted by atomic mass is 16.6. The molecule has 2 rings (SSSR count). The molecule has 88 valence electrons. The molecule has 0 aliphatic carbocycles. The van der Waals surface area contributed by atoms with Crippen molar-refractivity contribution in [2.45, 2.75) is 25.9 Å². The molecule has 1 aromatic carbocycles. The maximum Gasteiger partial charge on any atom is 0.0930 e. The van der Waals surface area contributed by atoms with Gasteiger partial charge in [0.25, 0.3) is 0 Å². The molecule has 1 fully saturated rings. The molecule has 1 aromatic rings. The molecule has 2 N–H and O–H groups in total. The van der Waals surface area contributed by atoms with Crippen LogP contribution in [0.15, 0.2) is 24.3 Å². The molecule has 0 aromatic heterocycles. The van der Waals surface area contributed by atoms with E-state index in [-0.39, 0.29) is 0 Å². The number of hydrogen-bond acceptors (Lipinski definition) is 3. The van der Waals surface area contributed by atoms with Crippen molar-refractivity contribution < 1.29 is 4.84 Å². The number of rotatable bonds is 5. The smallest absolute Gasteiger partial charge is 0.0930 e. The predicted octanol–water partition coefficient (Wildman–Crippen LogP) is 1.72. The van der Waals surface area contributed by atoms with Crippen LogP contribution in [-0.4, -0.2) is 24.5 Å². The standard InChI is InChI=1S/C13H20N2O/c14-16-11-13-5-3-12(4-6-13)7-10-15-8-1-2-9-15/h3-6H,1-2,7-11,14H2. The second-order valence-corrected chi connectivity index (χ2v) is 4.43. The first-order valence-electron chi connectivity index (χ1n) is 6.00. The summed E-state index contributed by atoms with van der Waals surface area (Å²) in [6.07, 6.45) is 3.88. The largest absolute Gasteiger partial charge is 0.303 e. The maximum absolute atomic E-state index is 5.03. The van der Waals surface area contributed by atoms with E-state index in [4.69, 9.17) is 5.90 Å². The molecular weight excluding hydrogens is 200 g/mol. The summed E-state index contributed by atoms with van der Waals surface area (Å²) in [5.41, 5.74) is 2.53. The van der Waals surface area contributed by atoms with Crippen molar-refractivity contribution in [2.24, 2.45) is 5.90 Å². The quantitative estimate of drug-likeness (QED) is 0.768. The van der Waals surface area contributed by atoms with Gasteiger partial charge in [0.05, 0.1) is 6.61 Å². The molecule has 0 bridgehead atoms. The summed E-state index contributed by atoms with van der Waals surface area (Å²) in [5, 5.41) is 0. The third kappa shape index (κ3) is 3.30. The Bertz CT molecular complexity index is 304. The summed E-state index contributed by atoms with van der Waals surface area (Å²) in [7, 11) is 0. The van der Waals surface area contributed by atoms with E-state index in [2.05, 4.69) is 34.0 Å². The fraction of sp³-hybridized carbons (Fsp3) is 0.538. The van der Waals surface area contributed by atoms with Crippen LogP contribution < -0.4 is 5.90 Å². The molecule has 16 heavy (non-hydrogen) atoms. The molecule has 3 heteroatoms. The van der Waals surface area contributed by atoms with Crippen LogP contribution in [0, 0.1) is 0 Å². The zero-order chi connectivity index (χ0) is 11.2. The first kappa shape index (κ1) is 11.6. The molecule has 0 radical (unpaired) electrons. The average Bonchev–Trinajstić information content (AvgIpc) is 2.82. The van der Waals surface area contributed by atoms with Crippen LogP contribution in [-0.2, 0) is 17.9 Å². The van der Waals surface area contributed by atoms with E-state index < -0.39 is 0 Å². The minimum atomic E-state index is 0.492. The highest BCUT2D eigenvalue weighted by Crippen LogP contribution is 2.10. The first-order chi connectivity index (χ1) is 7.88. The second kappa shape index (κ2) is 5.99. The van der Waals surface area contributed by atoms with Gasteiger partial charge in [-0.05, 0) is 43.5 Å². The van der Waals surface area contributed by atoms with E-state index in [1.54, 1.807) is 0 Å². The van der Waals surface area contributed by atoms with Crippen LogP contribution in [0.5, 0.6) is 0 Å².